The number of hydrogen-bond donors (Lipinski definition) is 3. The quantitative estimate of drug-likeness (QED) is 0.761. The van der Waals surface area contributed by atoms with Crippen LogP contribution >= 0.6 is 27.3 Å². The molecule has 0 amide bonds. The molecule has 0 atom stereocenters. The summed E-state index contributed by atoms with van der Waals surface area (Å²) in [6.45, 7) is 2.88. The molecule has 108 valence electrons. The molecule has 0 aliphatic rings. The molecule has 0 aliphatic carbocycles. The number of aromatic nitrogens is 2. The highest BCUT2D eigenvalue weighted by atomic mass is 79.9. The number of hydrogen-bond acceptors (Lipinski definition) is 5. The maximum atomic E-state index is 11.8. The molecular weight excluding hydrogens is 344 g/mol. The number of nitrogens with two attached hydrogens (primary N) is 1. The number of aromatic amines is 1. The first-order valence-electron chi connectivity index (χ1n) is 6.13. The van der Waals surface area contributed by atoms with Crippen LogP contribution < -0.4 is 22.3 Å². The maximum Gasteiger partial charge on any atom is 0.330 e. The fourth-order valence-corrected chi connectivity index (χ4v) is 3.26. The van der Waals surface area contributed by atoms with E-state index in [9.17, 15) is 9.59 Å². The van der Waals surface area contributed by atoms with Crippen LogP contribution in [0.25, 0.3) is 0 Å². The standard InChI is InChI=1S/C12H15BrN4O2S/c1-2-4-17-10(14)9(11(18)16-12(17)19)15-6-8-7(13)3-5-20-8/h3,5,15H,2,4,6,14H2,1H3,(H,16,18,19). The van der Waals surface area contributed by atoms with Crippen LogP contribution in [0.2, 0.25) is 0 Å². The van der Waals surface area contributed by atoms with E-state index in [1.165, 1.54) is 4.57 Å². The molecule has 0 saturated carbocycles. The summed E-state index contributed by atoms with van der Waals surface area (Å²) in [5.41, 5.74) is 5.19. The zero-order valence-corrected chi connectivity index (χ0v) is 13.3. The maximum absolute atomic E-state index is 11.8. The summed E-state index contributed by atoms with van der Waals surface area (Å²) in [5, 5.41) is 4.95. The lowest BCUT2D eigenvalue weighted by Crippen LogP contribution is -2.34. The van der Waals surface area contributed by atoms with E-state index in [4.69, 9.17) is 5.73 Å². The van der Waals surface area contributed by atoms with Gasteiger partial charge in [-0.25, -0.2) is 4.79 Å². The van der Waals surface area contributed by atoms with Gasteiger partial charge in [-0.1, -0.05) is 6.92 Å². The van der Waals surface area contributed by atoms with Gasteiger partial charge in [0.15, 0.2) is 0 Å². The first-order valence-corrected chi connectivity index (χ1v) is 7.80. The number of halogens is 1. The van der Waals surface area contributed by atoms with Gasteiger partial charge < -0.3 is 11.1 Å². The van der Waals surface area contributed by atoms with E-state index in [2.05, 4.69) is 26.2 Å². The summed E-state index contributed by atoms with van der Waals surface area (Å²) in [6, 6.07) is 1.94. The smallest absolute Gasteiger partial charge is 0.330 e. The molecule has 2 aromatic rings. The van der Waals surface area contributed by atoms with Gasteiger partial charge in [0.05, 0.1) is 6.54 Å². The van der Waals surface area contributed by atoms with Crippen LogP contribution in [0.5, 0.6) is 0 Å². The Balaban J connectivity index is 2.32. The molecule has 8 heteroatoms. The van der Waals surface area contributed by atoms with Gasteiger partial charge in [-0.05, 0) is 33.8 Å². The van der Waals surface area contributed by atoms with Gasteiger partial charge in [-0.15, -0.1) is 11.3 Å². The van der Waals surface area contributed by atoms with Crippen LogP contribution in [0.3, 0.4) is 0 Å². The molecule has 2 heterocycles. The molecule has 20 heavy (non-hydrogen) atoms. The first-order chi connectivity index (χ1) is 9.54. The molecule has 0 bridgehead atoms. The Kier molecular flexibility index (Phi) is 4.66. The third-order valence-electron chi connectivity index (χ3n) is 2.80. The highest BCUT2D eigenvalue weighted by Gasteiger charge is 2.12. The Labute approximate surface area is 127 Å². The Morgan fingerprint density at radius 3 is 2.85 bits per heavy atom. The fraction of sp³-hybridized carbons (Fsp3) is 0.333. The monoisotopic (exact) mass is 358 g/mol. The molecule has 0 aromatic carbocycles. The van der Waals surface area contributed by atoms with Gasteiger partial charge in [0.1, 0.15) is 11.5 Å². The Bertz CT molecular complexity index is 719. The van der Waals surface area contributed by atoms with Crippen LogP contribution in [-0.2, 0) is 13.1 Å². The minimum absolute atomic E-state index is 0.174. The number of nitrogens with one attached hydrogen (secondary N) is 2. The summed E-state index contributed by atoms with van der Waals surface area (Å²) < 4.78 is 2.35. The second-order valence-electron chi connectivity index (χ2n) is 4.22. The Hall–Kier alpha value is -1.54. The Morgan fingerprint density at radius 2 is 2.25 bits per heavy atom. The second-order valence-corrected chi connectivity index (χ2v) is 6.07. The van der Waals surface area contributed by atoms with Crippen LogP contribution in [0, 0.1) is 0 Å². The SMILES string of the molecule is CCCn1c(N)c(NCc2sccc2Br)c(=O)[nH]c1=O. The van der Waals surface area contributed by atoms with Gasteiger partial charge in [0, 0.05) is 15.9 Å². The largest absolute Gasteiger partial charge is 0.383 e. The molecule has 0 unspecified atom stereocenters. The normalized spacial score (nSPS) is 10.7. The molecule has 2 aromatic heterocycles. The van der Waals surface area contributed by atoms with E-state index in [-0.39, 0.29) is 11.5 Å². The summed E-state index contributed by atoms with van der Waals surface area (Å²) >= 11 is 4.99. The number of rotatable bonds is 5. The molecule has 0 spiro atoms. The van der Waals surface area contributed by atoms with E-state index in [1.807, 2.05) is 18.4 Å². The molecule has 4 N–H and O–H groups in total. The number of nitrogen functional groups attached to an aromatic ring is 1. The van der Waals surface area contributed by atoms with Gasteiger partial charge in [0.25, 0.3) is 5.56 Å². The van der Waals surface area contributed by atoms with Crippen molar-refractivity contribution in [1.29, 1.82) is 0 Å². The lowest BCUT2D eigenvalue weighted by atomic mass is 10.4. The van der Waals surface area contributed by atoms with E-state index in [0.29, 0.717) is 13.1 Å². The molecule has 2 rings (SSSR count). The van der Waals surface area contributed by atoms with Crippen LogP contribution in [-0.4, -0.2) is 9.55 Å². The average molecular weight is 359 g/mol. The summed E-state index contributed by atoms with van der Waals surface area (Å²) in [5.74, 6) is 0.174. The summed E-state index contributed by atoms with van der Waals surface area (Å²) in [4.78, 5) is 26.9. The predicted molar refractivity (Wildman–Crippen MR) is 85.4 cm³/mol. The van der Waals surface area contributed by atoms with Crippen LogP contribution in [0.4, 0.5) is 11.5 Å². The van der Waals surface area contributed by atoms with Crippen molar-refractivity contribution in [3.8, 4) is 0 Å². The van der Waals surface area contributed by atoms with E-state index in [1.54, 1.807) is 11.3 Å². The molecular formula is C12H15BrN4O2S. The minimum Gasteiger partial charge on any atom is -0.383 e. The van der Waals surface area contributed by atoms with Crippen molar-refractivity contribution in [3.05, 3.63) is 41.6 Å². The van der Waals surface area contributed by atoms with Crippen molar-refractivity contribution in [2.45, 2.75) is 26.4 Å². The van der Waals surface area contributed by atoms with Crippen LogP contribution in [0.15, 0.2) is 25.5 Å². The topological polar surface area (TPSA) is 92.9 Å². The van der Waals surface area contributed by atoms with E-state index < -0.39 is 11.2 Å². The lowest BCUT2D eigenvalue weighted by Gasteiger charge is -2.12. The highest BCUT2D eigenvalue weighted by Crippen LogP contribution is 2.23. The lowest BCUT2D eigenvalue weighted by molar-refractivity contribution is 0.642. The molecule has 0 fully saturated rings. The van der Waals surface area contributed by atoms with Crippen molar-refractivity contribution < 1.29 is 0 Å². The molecule has 6 nitrogen and oxygen atoms in total. The molecule has 0 radical (unpaired) electrons. The average Bonchev–Trinajstić information content (AvgIpc) is 2.80. The van der Waals surface area contributed by atoms with Gasteiger partial charge in [-0.3, -0.25) is 14.3 Å². The fourth-order valence-electron chi connectivity index (χ4n) is 1.82. The minimum atomic E-state index is -0.493. The van der Waals surface area contributed by atoms with Crippen molar-refractivity contribution in [1.82, 2.24) is 9.55 Å². The van der Waals surface area contributed by atoms with Crippen molar-refractivity contribution in [3.63, 3.8) is 0 Å². The van der Waals surface area contributed by atoms with Crippen molar-refractivity contribution in [2.75, 3.05) is 11.1 Å². The Morgan fingerprint density at radius 1 is 1.50 bits per heavy atom. The van der Waals surface area contributed by atoms with E-state index in [0.717, 1.165) is 15.8 Å². The summed E-state index contributed by atoms with van der Waals surface area (Å²) in [7, 11) is 0. The number of anilines is 2. The number of H-pyrrole nitrogens is 1. The third-order valence-corrected chi connectivity index (χ3v) is 4.73. The molecule has 0 aliphatic heterocycles. The van der Waals surface area contributed by atoms with Gasteiger partial charge in [-0.2, -0.15) is 0 Å². The van der Waals surface area contributed by atoms with Crippen LogP contribution in [0.1, 0.15) is 18.2 Å². The number of thiophene rings is 1. The zero-order chi connectivity index (χ0) is 14.7. The molecule has 0 saturated heterocycles. The van der Waals surface area contributed by atoms with Gasteiger partial charge in [0.2, 0.25) is 0 Å². The first kappa shape index (κ1) is 14.9. The van der Waals surface area contributed by atoms with Crippen molar-refractivity contribution >= 4 is 38.8 Å². The van der Waals surface area contributed by atoms with Gasteiger partial charge >= 0.3 is 5.69 Å². The highest BCUT2D eigenvalue weighted by molar-refractivity contribution is 9.10. The van der Waals surface area contributed by atoms with Crippen molar-refractivity contribution in [2.24, 2.45) is 0 Å². The third kappa shape index (κ3) is 2.96. The van der Waals surface area contributed by atoms with E-state index >= 15 is 0 Å². The number of nitrogens with zero attached hydrogens (tertiary/aromatic N) is 1. The zero-order valence-electron chi connectivity index (χ0n) is 10.9. The summed E-state index contributed by atoms with van der Waals surface area (Å²) in [6.07, 6.45) is 0.756. The predicted octanol–water partition coefficient (Wildman–Crippen LogP) is 1.96. The second kappa shape index (κ2) is 6.27.